The highest BCUT2D eigenvalue weighted by Crippen LogP contribution is 2.45. The maximum atomic E-state index is 12.6. The van der Waals surface area contributed by atoms with E-state index in [4.69, 9.17) is 5.73 Å². The molecule has 2 aliphatic rings. The lowest BCUT2D eigenvalue weighted by Crippen LogP contribution is -2.52. The van der Waals surface area contributed by atoms with Gasteiger partial charge in [-0.1, -0.05) is 20.8 Å². The van der Waals surface area contributed by atoms with Gasteiger partial charge in [-0.3, -0.25) is 4.79 Å². The fourth-order valence-electron chi connectivity index (χ4n) is 3.46. The molecule has 1 amide bonds. The second-order valence-corrected chi connectivity index (χ2v) is 6.78. The number of hydrogen-bond acceptors (Lipinski definition) is 4. The molecule has 1 aliphatic heterocycles. The van der Waals surface area contributed by atoms with Crippen molar-refractivity contribution in [2.24, 2.45) is 23.0 Å². The minimum atomic E-state index is -0.810. The Morgan fingerprint density at radius 3 is 2.26 bits per heavy atom. The normalized spacial score (nSPS) is 42.4. The van der Waals surface area contributed by atoms with Crippen molar-refractivity contribution in [2.45, 2.75) is 51.9 Å². The van der Waals surface area contributed by atoms with Gasteiger partial charge in [0.25, 0.3) is 0 Å². The van der Waals surface area contributed by atoms with Gasteiger partial charge in [0.15, 0.2) is 0 Å². The minimum Gasteiger partial charge on any atom is -0.388 e. The number of nitrogens with zero attached hydrogens (tertiary/aromatic N) is 1. The van der Waals surface area contributed by atoms with Gasteiger partial charge in [-0.2, -0.15) is 0 Å². The first-order chi connectivity index (χ1) is 8.75. The molecule has 0 aromatic carbocycles. The molecule has 0 radical (unpaired) electrons. The summed E-state index contributed by atoms with van der Waals surface area (Å²) in [5.41, 5.74) is 5.96. The van der Waals surface area contributed by atoms with Gasteiger partial charge in [0, 0.05) is 25.0 Å². The lowest BCUT2D eigenvalue weighted by atomic mass is 9.61. The first-order valence-corrected chi connectivity index (χ1v) is 7.15. The summed E-state index contributed by atoms with van der Waals surface area (Å²) in [7, 11) is 0. The van der Waals surface area contributed by atoms with Crippen molar-refractivity contribution in [3.8, 4) is 0 Å². The third-order valence-corrected chi connectivity index (χ3v) is 5.37. The lowest BCUT2D eigenvalue weighted by molar-refractivity contribution is -0.143. The van der Waals surface area contributed by atoms with Crippen molar-refractivity contribution >= 4 is 5.91 Å². The van der Waals surface area contributed by atoms with E-state index in [-0.39, 0.29) is 42.3 Å². The van der Waals surface area contributed by atoms with Gasteiger partial charge < -0.3 is 20.8 Å². The Bertz CT molecular complexity index is 349. The molecule has 5 nitrogen and oxygen atoms in total. The standard InChI is InChI=1S/C14H26N2O3/c1-8-10(15)5-4-9(14(8,2)3)13(19)16-6-11(17)12(18)7-16/h8-12,17-18H,4-7,15H2,1-3H3/t8?,9?,10?,11-,12+. The summed E-state index contributed by atoms with van der Waals surface area (Å²) in [6.45, 7) is 6.79. The predicted molar refractivity (Wildman–Crippen MR) is 72.2 cm³/mol. The van der Waals surface area contributed by atoms with E-state index in [1.165, 1.54) is 0 Å². The summed E-state index contributed by atoms with van der Waals surface area (Å²) < 4.78 is 0. The van der Waals surface area contributed by atoms with Crippen LogP contribution in [0.2, 0.25) is 0 Å². The molecule has 3 unspecified atom stereocenters. The monoisotopic (exact) mass is 270 g/mol. The van der Waals surface area contributed by atoms with E-state index in [0.29, 0.717) is 0 Å². The number of β-amino-alcohol motifs (C(OH)–C–C–N with tert-alkyl or cyclic N) is 2. The molecule has 0 aromatic heterocycles. The number of amides is 1. The molecule has 5 atom stereocenters. The SMILES string of the molecule is CC1C(N)CCC(C(=O)N2C[C@@H](O)[C@@H](O)C2)C1(C)C. The number of likely N-dealkylation sites (tertiary alicyclic amines) is 1. The molecule has 0 aromatic rings. The third kappa shape index (κ3) is 2.51. The van der Waals surface area contributed by atoms with Crippen molar-refractivity contribution in [3.05, 3.63) is 0 Å². The van der Waals surface area contributed by atoms with Gasteiger partial charge in [0.2, 0.25) is 5.91 Å². The van der Waals surface area contributed by atoms with Gasteiger partial charge in [0.1, 0.15) is 0 Å². The first kappa shape index (κ1) is 14.8. The van der Waals surface area contributed by atoms with E-state index >= 15 is 0 Å². The average Bonchev–Trinajstić information content (AvgIpc) is 2.66. The van der Waals surface area contributed by atoms with Crippen LogP contribution in [0.3, 0.4) is 0 Å². The van der Waals surface area contributed by atoms with Gasteiger partial charge >= 0.3 is 0 Å². The van der Waals surface area contributed by atoms with Crippen molar-refractivity contribution in [1.82, 2.24) is 4.90 Å². The van der Waals surface area contributed by atoms with Gasteiger partial charge in [0.05, 0.1) is 12.2 Å². The lowest BCUT2D eigenvalue weighted by Gasteiger charge is -2.47. The Hall–Kier alpha value is -0.650. The van der Waals surface area contributed by atoms with Crippen molar-refractivity contribution in [3.63, 3.8) is 0 Å². The molecule has 4 N–H and O–H groups in total. The smallest absolute Gasteiger partial charge is 0.226 e. The molecular weight excluding hydrogens is 244 g/mol. The summed E-state index contributed by atoms with van der Waals surface area (Å²) in [6, 6.07) is 0.147. The van der Waals surface area contributed by atoms with Crippen molar-refractivity contribution < 1.29 is 15.0 Å². The van der Waals surface area contributed by atoms with Gasteiger partial charge in [-0.25, -0.2) is 0 Å². The van der Waals surface area contributed by atoms with Crippen LogP contribution in [-0.4, -0.2) is 52.4 Å². The summed E-state index contributed by atoms with van der Waals surface area (Å²) in [6.07, 6.45) is 0.0330. The zero-order valence-corrected chi connectivity index (χ0v) is 12.0. The molecule has 1 aliphatic carbocycles. The van der Waals surface area contributed by atoms with E-state index in [1.807, 2.05) is 0 Å². The molecule has 5 heteroatoms. The molecule has 0 bridgehead atoms. The third-order valence-electron chi connectivity index (χ3n) is 5.37. The van der Waals surface area contributed by atoms with Crippen LogP contribution in [0.4, 0.5) is 0 Å². The number of aliphatic hydroxyl groups is 2. The van der Waals surface area contributed by atoms with Crippen LogP contribution in [0.15, 0.2) is 0 Å². The summed E-state index contributed by atoms with van der Waals surface area (Å²) in [5.74, 6) is 0.270. The number of nitrogens with two attached hydrogens (primary N) is 1. The molecule has 1 saturated heterocycles. The van der Waals surface area contributed by atoms with Crippen LogP contribution in [0, 0.1) is 17.3 Å². The number of carbonyl (C=O) groups is 1. The van der Waals surface area contributed by atoms with E-state index in [2.05, 4.69) is 20.8 Å². The Kier molecular flexibility index (Phi) is 3.91. The maximum Gasteiger partial charge on any atom is 0.226 e. The molecule has 0 spiro atoms. The van der Waals surface area contributed by atoms with Crippen LogP contribution in [0.1, 0.15) is 33.6 Å². The summed E-state index contributed by atoms with van der Waals surface area (Å²) in [5, 5.41) is 19.2. The molecule has 2 fully saturated rings. The van der Waals surface area contributed by atoms with Gasteiger partial charge in [-0.05, 0) is 24.2 Å². The van der Waals surface area contributed by atoms with Gasteiger partial charge in [-0.15, -0.1) is 0 Å². The number of carbonyl (C=O) groups excluding carboxylic acids is 1. The fourth-order valence-corrected chi connectivity index (χ4v) is 3.46. The zero-order chi connectivity index (χ0) is 14.4. The first-order valence-electron chi connectivity index (χ1n) is 7.15. The average molecular weight is 270 g/mol. The van der Waals surface area contributed by atoms with E-state index in [1.54, 1.807) is 4.90 Å². The highest BCUT2D eigenvalue weighted by Gasteiger charge is 2.47. The van der Waals surface area contributed by atoms with Crippen LogP contribution < -0.4 is 5.73 Å². The Balaban J connectivity index is 2.11. The molecule has 19 heavy (non-hydrogen) atoms. The number of hydrogen-bond donors (Lipinski definition) is 3. The molecule has 110 valence electrons. The second-order valence-electron chi connectivity index (χ2n) is 6.78. The molecule has 1 saturated carbocycles. The highest BCUT2D eigenvalue weighted by molar-refractivity contribution is 5.80. The van der Waals surface area contributed by atoms with Crippen LogP contribution in [0.25, 0.3) is 0 Å². The van der Waals surface area contributed by atoms with Crippen molar-refractivity contribution in [1.29, 1.82) is 0 Å². The van der Waals surface area contributed by atoms with E-state index in [0.717, 1.165) is 12.8 Å². The van der Waals surface area contributed by atoms with Crippen LogP contribution >= 0.6 is 0 Å². The van der Waals surface area contributed by atoms with E-state index in [9.17, 15) is 15.0 Å². The largest absolute Gasteiger partial charge is 0.388 e. The summed E-state index contributed by atoms with van der Waals surface area (Å²) >= 11 is 0. The quantitative estimate of drug-likeness (QED) is 0.623. The molecular formula is C14H26N2O3. The summed E-state index contributed by atoms with van der Waals surface area (Å²) in [4.78, 5) is 14.2. The zero-order valence-electron chi connectivity index (χ0n) is 12.0. The van der Waals surface area contributed by atoms with Crippen LogP contribution in [-0.2, 0) is 4.79 Å². The number of aliphatic hydroxyl groups excluding tert-OH is 2. The Labute approximate surface area is 114 Å². The Morgan fingerprint density at radius 2 is 1.74 bits per heavy atom. The Morgan fingerprint density at radius 1 is 1.21 bits per heavy atom. The highest BCUT2D eigenvalue weighted by atomic mass is 16.3. The van der Waals surface area contributed by atoms with Crippen molar-refractivity contribution in [2.75, 3.05) is 13.1 Å². The second kappa shape index (κ2) is 5.04. The predicted octanol–water partition coefficient (Wildman–Crippen LogP) is -0.0500. The number of rotatable bonds is 1. The van der Waals surface area contributed by atoms with Crippen LogP contribution in [0.5, 0.6) is 0 Å². The minimum absolute atomic E-state index is 0.0550. The van der Waals surface area contributed by atoms with E-state index < -0.39 is 12.2 Å². The maximum absolute atomic E-state index is 12.6. The fraction of sp³-hybridized carbons (Fsp3) is 0.929. The molecule has 2 rings (SSSR count). The topological polar surface area (TPSA) is 86.8 Å². The molecule has 1 heterocycles.